The highest BCUT2D eigenvalue weighted by Gasteiger charge is 2.27. The SMILES string of the molecule is N#Cc1nc(-c2ccco2)oc1N1CCN(C(=O)Cn2cc([N+](=O)[O-])ccc2=O)CC1. The average molecular weight is 424 g/mol. The van der Waals surface area contributed by atoms with E-state index in [9.17, 15) is 25.0 Å². The molecule has 0 aliphatic carbocycles. The van der Waals surface area contributed by atoms with E-state index in [0.29, 0.717) is 37.8 Å². The fraction of sp³-hybridized carbons (Fsp3) is 0.263. The molecule has 3 aromatic heterocycles. The summed E-state index contributed by atoms with van der Waals surface area (Å²) in [6.07, 6.45) is 2.53. The number of hydrogen-bond acceptors (Lipinski definition) is 9. The number of pyridine rings is 1. The maximum atomic E-state index is 12.6. The van der Waals surface area contributed by atoms with Gasteiger partial charge in [-0.25, -0.2) is 0 Å². The molecule has 158 valence electrons. The lowest BCUT2D eigenvalue weighted by atomic mass is 10.3. The van der Waals surface area contributed by atoms with Crippen LogP contribution in [0.2, 0.25) is 0 Å². The smallest absolute Gasteiger partial charge is 0.285 e. The number of aromatic nitrogens is 2. The quantitative estimate of drug-likeness (QED) is 0.435. The summed E-state index contributed by atoms with van der Waals surface area (Å²) in [5, 5.41) is 20.3. The van der Waals surface area contributed by atoms with E-state index in [1.165, 1.54) is 6.26 Å². The Hall–Kier alpha value is -4.40. The number of carbonyl (C=O) groups excluding carboxylic acids is 1. The van der Waals surface area contributed by atoms with Crippen LogP contribution in [0.15, 0.2) is 50.4 Å². The largest absolute Gasteiger partial charge is 0.459 e. The van der Waals surface area contributed by atoms with Crippen LogP contribution in [-0.4, -0.2) is 51.5 Å². The summed E-state index contributed by atoms with van der Waals surface area (Å²) in [6.45, 7) is 1.12. The Morgan fingerprint density at radius 1 is 1.26 bits per heavy atom. The number of nitro groups is 1. The highest BCUT2D eigenvalue weighted by atomic mass is 16.6. The molecule has 0 atom stereocenters. The van der Waals surface area contributed by atoms with Gasteiger partial charge in [0.05, 0.1) is 17.4 Å². The van der Waals surface area contributed by atoms with Gasteiger partial charge in [-0.15, -0.1) is 0 Å². The number of amides is 1. The lowest BCUT2D eigenvalue weighted by Gasteiger charge is -2.34. The predicted octanol–water partition coefficient (Wildman–Crippen LogP) is 1.22. The number of anilines is 1. The van der Waals surface area contributed by atoms with Crippen LogP contribution in [0.1, 0.15) is 5.69 Å². The van der Waals surface area contributed by atoms with Crippen molar-refractivity contribution >= 4 is 17.5 Å². The van der Waals surface area contributed by atoms with Crippen molar-refractivity contribution in [3.63, 3.8) is 0 Å². The van der Waals surface area contributed by atoms with Gasteiger partial charge in [-0.05, 0) is 12.1 Å². The van der Waals surface area contributed by atoms with Crippen LogP contribution in [-0.2, 0) is 11.3 Å². The van der Waals surface area contributed by atoms with Gasteiger partial charge in [0.25, 0.3) is 17.1 Å². The van der Waals surface area contributed by atoms with E-state index in [0.717, 1.165) is 22.9 Å². The summed E-state index contributed by atoms with van der Waals surface area (Å²) in [4.78, 5) is 42.3. The number of piperazine rings is 1. The topological polar surface area (TPSA) is 152 Å². The number of hydrogen-bond donors (Lipinski definition) is 0. The van der Waals surface area contributed by atoms with Gasteiger partial charge in [-0.2, -0.15) is 10.2 Å². The van der Waals surface area contributed by atoms with Gasteiger partial charge in [-0.3, -0.25) is 24.3 Å². The lowest BCUT2D eigenvalue weighted by molar-refractivity contribution is -0.385. The summed E-state index contributed by atoms with van der Waals surface area (Å²) >= 11 is 0. The fourth-order valence-electron chi connectivity index (χ4n) is 3.26. The number of carbonyl (C=O) groups is 1. The minimum Gasteiger partial charge on any atom is -0.459 e. The molecule has 1 fully saturated rings. The van der Waals surface area contributed by atoms with E-state index in [1.54, 1.807) is 21.9 Å². The molecular formula is C19H16N6O6. The lowest BCUT2D eigenvalue weighted by Crippen LogP contribution is -2.50. The maximum absolute atomic E-state index is 12.6. The Bertz CT molecular complexity index is 1210. The second-order valence-corrected chi connectivity index (χ2v) is 6.74. The Morgan fingerprint density at radius 2 is 2.03 bits per heavy atom. The molecule has 0 aromatic carbocycles. The summed E-state index contributed by atoms with van der Waals surface area (Å²) < 4.78 is 12.0. The number of nitrogens with zero attached hydrogens (tertiary/aromatic N) is 6. The third kappa shape index (κ3) is 4.01. The molecule has 12 nitrogen and oxygen atoms in total. The summed E-state index contributed by atoms with van der Waals surface area (Å²) in [5.41, 5.74) is -0.642. The zero-order valence-corrected chi connectivity index (χ0v) is 16.1. The molecule has 1 aliphatic rings. The molecular weight excluding hydrogens is 408 g/mol. The molecule has 0 N–H and O–H groups in total. The van der Waals surface area contributed by atoms with Gasteiger partial charge in [0, 0.05) is 38.3 Å². The summed E-state index contributed by atoms with van der Waals surface area (Å²) in [7, 11) is 0. The first-order valence-corrected chi connectivity index (χ1v) is 9.28. The van der Waals surface area contributed by atoms with Crippen LogP contribution >= 0.6 is 0 Å². The van der Waals surface area contributed by atoms with Crippen LogP contribution in [0.3, 0.4) is 0 Å². The number of rotatable bonds is 5. The van der Waals surface area contributed by atoms with E-state index >= 15 is 0 Å². The number of oxazole rings is 1. The second-order valence-electron chi connectivity index (χ2n) is 6.74. The first-order valence-electron chi connectivity index (χ1n) is 9.28. The minimum absolute atomic E-state index is 0.120. The van der Waals surface area contributed by atoms with Gasteiger partial charge in [-0.1, -0.05) is 0 Å². The summed E-state index contributed by atoms with van der Waals surface area (Å²) in [5.74, 6) is 0.562. The van der Waals surface area contributed by atoms with Crippen LogP contribution < -0.4 is 10.5 Å². The van der Waals surface area contributed by atoms with Crippen LogP contribution in [0.4, 0.5) is 11.6 Å². The van der Waals surface area contributed by atoms with Crippen LogP contribution in [0.25, 0.3) is 11.7 Å². The van der Waals surface area contributed by atoms with E-state index in [2.05, 4.69) is 4.98 Å². The zero-order valence-electron chi connectivity index (χ0n) is 16.1. The predicted molar refractivity (Wildman–Crippen MR) is 105 cm³/mol. The number of nitriles is 1. The van der Waals surface area contributed by atoms with Crippen molar-refractivity contribution in [2.45, 2.75) is 6.54 Å². The highest BCUT2D eigenvalue weighted by molar-refractivity contribution is 5.76. The van der Waals surface area contributed by atoms with E-state index < -0.39 is 10.5 Å². The fourth-order valence-corrected chi connectivity index (χ4v) is 3.26. The van der Waals surface area contributed by atoms with E-state index in [4.69, 9.17) is 8.83 Å². The third-order valence-corrected chi connectivity index (χ3v) is 4.85. The van der Waals surface area contributed by atoms with Gasteiger partial charge >= 0.3 is 0 Å². The van der Waals surface area contributed by atoms with Crippen molar-refractivity contribution in [3.05, 3.63) is 62.9 Å². The van der Waals surface area contributed by atoms with Crippen molar-refractivity contribution < 1.29 is 18.6 Å². The Balaban J connectivity index is 1.43. The van der Waals surface area contributed by atoms with Crippen LogP contribution in [0.5, 0.6) is 0 Å². The molecule has 4 heterocycles. The van der Waals surface area contributed by atoms with Crippen molar-refractivity contribution in [1.29, 1.82) is 5.26 Å². The molecule has 1 aliphatic heterocycles. The first kappa shape index (κ1) is 19.9. The van der Waals surface area contributed by atoms with E-state index in [-0.39, 0.29) is 29.7 Å². The van der Waals surface area contributed by atoms with Crippen molar-refractivity contribution in [2.24, 2.45) is 0 Å². The third-order valence-electron chi connectivity index (χ3n) is 4.85. The van der Waals surface area contributed by atoms with Gasteiger partial charge < -0.3 is 18.6 Å². The second kappa shape index (κ2) is 8.15. The van der Waals surface area contributed by atoms with Crippen LogP contribution in [0, 0.1) is 21.4 Å². The molecule has 12 heteroatoms. The molecule has 0 spiro atoms. The van der Waals surface area contributed by atoms with Crippen molar-refractivity contribution in [3.8, 4) is 17.7 Å². The maximum Gasteiger partial charge on any atom is 0.285 e. The van der Waals surface area contributed by atoms with Crippen molar-refractivity contribution in [2.75, 3.05) is 31.1 Å². The standard InChI is InChI=1S/C19H16N6O6/c20-10-14-19(31-18(21-14)15-2-1-9-30-15)23-7-5-22(6-8-23)17(27)12-24-11-13(25(28)29)3-4-16(24)26/h1-4,9,11H,5-8,12H2. The Morgan fingerprint density at radius 3 is 2.68 bits per heavy atom. The molecule has 4 rings (SSSR count). The first-order chi connectivity index (χ1) is 15.0. The molecule has 0 saturated carbocycles. The van der Waals surface area contributed by atoms with Crippen molar-refractivity contribution in [1.82, 2.24) is 14.5 Å². The van der Waals surface area contributed by atoms with Gasteiger partial charge in [0.15, 0.2) is 5.76 Å². The molecule has 0 radical (unpaired) electrons. The molecule has 31 heavy (non-hydrogen) atoms. The number of furan rings is 1. The molecule has 0 unspecified atom stereocenters. The zero-order chi connectivity index (χ0) is 22.0. The van der Waals surface area contributed by atoms with Gasteiger partial charge in [0.1, 0.15) is 12.6 Å². The highest BCUT2D eigenvalue weighted by Crippen LogP contribution is 2.29. The molecule has 1 amide bonds. The monoisotopic (exact) mass is 424 g/mol. The normalized spacial score (nSPS) is 13.8. The Kier molecular flexibility index (Phi) is 5.23. The average Bonchev–Trinajstić information content (AvgIpc) is 3.45. The van der Waals surface area contributed by atoms with E-state index in [1.807, 2.05) is 6.07 Å². The molecule has 3 aromatic rings. The summed E-state index contributed by atoms with van der Waals surface area (Å²) in [6, 6.07) is 7.52. The molecule has 1 saturated heterocycles. The minimum atomic E-state index is -0.625. The Labute approximate surface area is 174 Å². The molecule has 0 bridgehead atoms. The van der Waals surface area contributed by atoms with Gasteiger partial charge in [0.2, 0.25) is 17.5 Å².